The van der Waals surface area contributed by atoms with Gasteiger partial charge in [0.2, 0.25) is 11.8 Å². The van der Waals surface area contributed by atoms with Gasteiger partial charge in [-0.25, -0.2) is 9.59 Å². The molecular weight excluding hydrogens is 634 g/mol. The molecule has 3 unspecified atom stereocenters. The number of phenols is 1. The third-order valence-corrected chi connectivity index (χ3v) is 7.69. The molecule has 50 heavy (non-hydrogen) atoms. The molecule has 0 radical (unpaired) electrons. The number of carbonyl (C=O) groups excluding carboxylic acids is 4. The average Bonchev–Trinajstić information content (AvgIpc) is 3.01. The minimum atomic E-state index is -1.16. The van der Waals surface area contributed by atoms with Crippen LogP contribution >= 0.6 is 0 Å². The maximum atomic E-state index is 14.8. The number of alkyl carbamates (subject to hydrolysis) is 1. The molecule has 3 atom stereocenters. The average molecular weight is 688 g/mol. The lowest BCUT2D eigenvalue weighted by molar-refractivity contribution is -0.159. The summed E-state index contributed by atoms with van der Waals surface area (Å²) < 4.78 is 11.3. The number of phenolic OH excluding ortho intramolecular Hbond substituents is 1. The van der Waals surface area contributed by atoms with Crippen molar-refractivity contribution in [3.05, 3.63) is 101 Å². The van der Waals surface area contributed by atoms with E-state index in [0.717, 1.165) is 16.7 Å². The monoisotopic (exact) mass is 687 g/mol. The maximum Gasteiger partial charge on any atom is 0.408 e. The Bertz CT molecular complexity index is 1610. The quantitative estimate of drug-likeness (QED) is 0.175. The Balaban J connectivity index is 2.12. The summed E-state index contributed by atoms with van der Waals surface area (Å²) in [4.78, 5) is 57.6. The first-order chi connectivity index (χ1) is 23.4. The van der Waals surface area contributed by atoms with Crippen molar-refractivity contribution < 1.29 is 33.8 Å². The fourth-order valence-electron chi connectivity index (χ4n) is 5.50. The normalized spacial score (nSPS) is 13.4. The summed E-state index contributed by atoms with van der Waals surface area (Å²) >= 11 is 0. The summed E-state index contributed by atoms with van der Waals surface area (Å²) in [5.41, 5.74) is 2.12. The number of amides is 3. The minimum Gasteiger partial charge on any atom is -0.508 e. The molecule has 0 aromatic heterocycles. The van der Waals surface area contributed by atoms with Gasteiger partial charge in [0.15, 0.2) is 0 Å². The Morgan fingerprint density at radius 3 is 1.92 bits per heavy atom. The van der Waals surface area contributed by atoms with Crippen molar-refractivity contribution in [1.82, 2.24) is 15.5 Å². The molecule has 0 spiro atoms. The standard InChI is InChI=1S/C40H53N3O7/c1-10-22-43(36(46)32(42-38(48)50-40(7,8)9)24-29-18-20-30(44)21-19-29)34(31-23-26(2)16-17-27(31)3)35(45)41-33(37(47)49-39(4,5)6)25-28-14-12-11-13-15-28/h11-21,23,32-34,44H,10,22,24-25H2,1-9H3,(H,41,45)(H,42,48). The summed E-state index contributed by atoms with van der Waals surface area (Å²) in [7, 11) is 0. The first kappa shape index (κ1) is 39.6. The van der Waals surface area contributed by atoms with Crippen LogP contribution in [0.15, 0.2) is 72.8 Å². The smallest absolute Gasteiger partial charge is 0.408 e. The number of hydrogen-bond acceptors (Lipinski definition) is 7. The number of carbonyl (C=O) groups is 4. The fourth-order valence-corrected chi connectivity index (χ4v) is 5.50. The van der Waals surface area contributed by atoms with E-state index in [1.807, 2.05) is 69.3 Å². The number of benzene rings is 3. The van der Waals surface area contributed by atoms with Crippen molar-refractivity contribution >= 4 is 23.9 Å². The topological polar surface area (TPSA) is 134 Å². The molecule has 0 saturated heterocycles. The molecule has 270 valence electrons. The van der Waals surface area contributed by atoms with Gasteiger partial charge in [-0.05, 0) is 96.2 Å². The van der Waals surface area contributed by atoms with E-state index in [2.05, 4.69) is 10.6 Å². The number of hydrogen-bond donors (Lipinski definition) is 3. The third kappa shape index (κ3) is 12.2. The van der Waals surface area contributed by atoms with E-state index in [9.17, 15) is 24.3 Å². The SMILES string of the molecule is CCCN(C(=O)C(Cc1ccc(O)cc1)NC(=O)OC(C)(C)C)C(C(=O)NC(Cc1ccccc1)C(=O)OC(C)(C)C)c1cc(C)ccc1C. The number of rotatable bonds is 13. The number of aryl methyl sites for hydroxylation is 2. The van der Waals surface area contributed by atoms with Crippen LogP contribution in [-0.4, -0.2) is 63.7 Å². The van der Waals surface area contributed by atoms with Gasteiger partial charge in [-0.15, -0.1) is 0 Å². The van der Waals surface area contributed by atoms with Gasteiger partial charge in [-0.3, -0.25) is 9.59 Å². The van der Waals surface area contributed by atoms with Gasteiger partial charge in [0.25, 0.3) is 0 Å². The van der Waals surface area contributed by atoms with Gasteiger partial charge in [0.1, 0.15) is 35.1 Å². The third-order valence-electron chi connectivity index (χ3n) is 7.69. The first-order valence-electron chi connectivity index (χ1n) is 17.1. The number of nitrogens with one attached hydrogen (secondary N) is 2. The molecule has 10 heteroatoms. The summed E-state index contributed by atoms with van der Waals surface area (Å²) in [6, 6.07) is 18.0. The molecule has 3 aromatic carbocycles. The highest BCUT2D eigenvalue weighted by atomic mass is 16.6. The lowest BCUT2D eigenvalue weighted by atomic mass is 9.94. The Morgan fingerprint density at radius 1 is 0.760 bits per heavy atom. The molecule has 3 aromatic rings. The molecule has 0 aliphatic rings. The van der Waals surface area contributed by atoms with E-state index in [0.29, 0.717) is 17.5 Å². The van der Waals surface area contributed by atoms with Gasteiger partial charge in [0.05, 0.1) is 0 Å². The predicted octanol–water partition coefficient (Wildman–Crippen LogP) is 6.49. The van der Waals surface area contributed by atoms with Crippen LogP contribution in [0, 0.1) is 13.8 Å². The number of esters is 1. The Labute approximate surface area is 296 Å². The second kappa shape index (κ2) is 17.2. The minimum absolute atomic E-state index is 0.0611. The zero-order valence-corrected chi connectivity index (χ0v) is 30.8. The van der Waals surface area contributed by atoms with Crippen molar-refractivity contribution in [3.63, 3.8) is 0 Å². The zero-order chi connectivity index (χ0) is 37.2. The van der Waals surface area contributed by atoms with Crippen molar-refractivity contribution in [2.75, 3.05) is 6.54 Å². The molecule has 3 N–H and O–H groups in total. The summed E-state index contributed by atoms with van der Waals surface area (Å²) in [6.07, 6.45) is -0.0505. The molecular formula is C40H53N3O7. The molecule has 0 aliphatic heterocycles. The van der Waals surface area contributed by atoms with Gasteiger partial charge in [0, 0.05) is 19.4 Å². The molecule has 0 heterocycles. The van der Waals surface area contributed by atoms with E-state index in [1.54, 1.807) is 53.7 Å². The second-order valence-electron chi connectivity index (χ2n) is 14.6. The van der Waals surface area contributed by atoms with E-state index < -0.39 is 53.2 Å². The van der Waals surface area contributed by atoms with Crippen LogP contribution in [0.3, 0.4) is 0 Å². The first-order valence-corrected chi connectivity index (χ1v) is 17.1. The molecule has 0 bridgehead atoms. The second-order valence-corrected chi connectivity index (χ2v) is 14.6. The summed E-state index contributed by atoms with van der Waals surface area (Å²) in [5.74, 6) is -1.61. The maximum absolute atomic E-state index is 14.8. The predicted molar refractivity (Wildman–Crippen MR) is 194 cm³/mol. The van der Waals surface area contributed by atoms with E-state index in [1.165, 1.54) is 17.0 Å². The van der Waals surface area contributed by atoms with Crippen LogP contribution in [0.5, 0.6) is 5.75 Å². The molecule has 0 saturated carbocycles. The summed E-state index contributed by atoms with van der Waals surface area (Å²) in [5, 5.41) is 15.6. The lowest BCUT2D eigenvalue weighted by Gasteiger charge is -2.36. The van der Waals surface area contributed by atoms with Crippen LogP contribution in [0.2, 0.25) is 0 Å². The molecule has 0 aliphatic carbocycles. The highest BCUT2D eigenvalue weighted by Gasteiger charge is 2.39. The van der Waals surface area contributed by atoms with Crippen molar-refractivity contribution in [3.8, 4) is 5.75 Å². The van der Waals surface area contributed by atoms with Crippen LogP contribution in [-0.2, 0) is 36.7 Å². The van der Waals surface area contributed by atoms with Crippen molar-refractivity contribution in [1.29, 1.82) is 0 Å². The van der Waals surface area contributed by atoms with Crippen LogP contribution < -0.4 is 10.6 Å². The number of nitrogens with zero attached hydrogens (tertiary/aromatic N) is 1. The van der Waals surface area contributed by atoms with Gasteiger partial charge >= 0.3 is 12.1 Å². The fraction of sp³-hybridized carbons (Fsp3) is 0.450. The molecule has 3 rings (SSSR count). The molecule has 0 fully saturated rings. The Kier molecular flexibility index (Phi) is 13.6. The molecule has 3 amide bonds. The van der Waals surface area contributed by atoms with Gasteiger partial charge in [-0.1, -0.05) is 73.2 Å². The lowest BCUT2D eigenvalue weighted by Crippen LogP contribution is -2.55. The van der Waals surface area contributed by atoms with E-state index >= 15 is 0 Å². The Hall–Kier alpha value is -4.86. The van der Waals surface area contributed by atoms with Crippen LogP contribution in [0.25, 0.3) is 0 Å². The summed E-state index contributed by atoms with van der Waals surface area (Å²) in [6.45, 7) is 16.3. The van der Waals surface area contributed by atoms with Crippen LogP contribution in [0.1, 0.15) is 88.7 Å². The van der Waals surface area contributed by atoms with Gasteiger partial charge < -0.3 is 30.1 Å². The largest absolute Gasteiger partial charge is 0.508 e. The van der Waals surface area contributed by atoms with Crippen molar-refractivity contribution in [2.45, 2.75) is 111 Å². The Morgan fingerprint density at radius 2 is 1.34 bits per heavy atom. The molecule has 10 nitrogen and oxygen atoms in total. The zero-order valence-electron chi connectivity index (χ0n) is 30.8. The van der Waals surface area contributed by atoms with Crippen LogP contribution in [0.4, 0.5) is 4.79 Å². The van der Waals surface area contributed by atoms with Crippen molar-refractivity contribution in [2.24, 2.45) is 0 Å². The van der Waals surface area contributed by atoms with Gasteiger partial charge in [-0.2, -0.15) is 0 Å². The van der Waals surface area contributed by atoms with E-state index in [4.69, 9.17) is 9.47 Å². The number of aromatic hydroxyl groups is 1. The number of ether oxygens (including phenoxy) is 2. The highest BCUT2D eigenvalue weighted by Crippen LogP contribution is 2.28. The highest BCUT2D eigenvalue weighted by molar-refractivity contribution is 5.94. The van der Waals surface area contributed by atoms with E-state index in [-0.39, 0.29) is 25.1 Å².